The summed E-state index contributed by atoms with van der Waals surface area (Å²) in [6.45, 7) is 0.396. The van der Waals surface area contributed by atoms with Crippen LogP contribution in [-0.2, 0) is 10.0 Å². The lowest BCUT2D eigenvalue weighted by atomic mass is 9.88. The van der Waals surface area contributed by atoms with Gasteiger partial charge in [0.1, 0.15) is 0 Å². The zero-order valence-electron chi connectivity index (χ0n) is 11.4. The Morgan fingerprint density at radius 1 is 1.35 bits per heavy atom. The van der Waals surface area contributed by atoms with Crippen molar-refractivity contribution in [2.24, 2.45) is 0 Å². The summed E-state index contributed by atoms with van der Waals surface area (Å²) < 4.78 is 31.8. The van der Waals surface area contributed by atoms with Gasteiger partial charge in [0.25, 0.3) is 10.0 Å². The fourth-order valence-electron chi connectivity index (χ4n) is 2.49. The van der Waals surface area contributed by atoms with Gasteiger partial charge in [-0.25, -0.2) is 13.1 Å². The molecule has 1 aliphatic rings. The minimum absolute atomic E-state index is 0.0163. The smallest absolute Gasteiger partial charge is 0.274 e. The summed E-state index contributed by atoms with van der Waals surface area (Å²) in [6, 6.07) is 2.66. The second-order valence-corrected chi connectivity index (χ2v) is 8.02. The van der Waals surface area contributed by atoms with Crippen molar-refractivity contribution in [2.45, 2.75) is 41.9 Å². The van der Waals surface area contributed by atoms with Gasteiger partial charge in [-0.1, -0.05) is 19.3 Å². The highest BCUT2D eigenvalue weighted by Gasteiger charge is 2.33. The molecule has 1 aromatic rings. The van der Waals surface area contributed by atoms with E-state index < -0.39 is 10.0 Å². The molecule has 0 aromatic carbocycles. The number of thioether (sulfide) groups is 1. The first-order chi connectivity index (χ1) is 9.51. The molecule has 0 unspecified atom stereocenters. The molecule has 1 saturated carbocycles. The van der Waals surface area contributed by atoms with Crippen molar-refractivity contribution in [3.05, 3.63) is 17.9 Å². The van der Waals surface area contributed by atoms with Crippen LogP contribution in [0.2, 0.25) is 0 Å². The average molecular weight is 317 g/mol. The summed E-state index contributed by atoms with van der Waals surface area (Å²) in [7, 11) is -3.69. The minimum atomic E-state index is -3.69. The van der Waals surface area contributed by atoms with Crippen molar-refractivity contribution in [3.63, 3.8) is 0 Å². The molecule has 0 saturated heterocycles. The predicted octanol–water partition coefficient (Wildman–Crippen LogP) is 2.44. The second-order valence-electron chi connectivity index (χ2n) is 5.05. The Balaban J connectivity index is 2.06. The number of hydrogen-bond donors (Lipinski definition) is 1. The van der Waals surface area contributed by atoms with Crippen molar-refractivity contribution in [2.75, 3.05) is 12.8 Å². The van der Waals surface area contributed by atoms with Crippen LogP contribution in [0.15, 0.2) is 21.6 Å². The first-order valence-corrected chi connectivity index (χ1v) is 9.32. The van der Waals surface area contributed by atoms with Gasteiger partial charge in [-0.15, -0.1) is 0 Å². The van der Waals surface area contributed by atoms with E-state index in [2.05, 4.69) is 4.72 Å². The highest BCUT2D eigenvalue weighted by atomic mass is 32.2. The van der Waals surface area contributed by atoms with Gasteiger partial charge in [-0.2, -0.15) is 11.8 Å². The molecule has 0 aliphatic heterocycles. The van der Waals surface area contributed by atoms with Crippen LogP contribution in [0, 0.1) is 0 Å². The molecule has 1 heterocycles. The lowest BCUT2D eigenvalue weighted by molar-refractivity contribution is 0.109. The van der Waals surface area contributed by atoms with Crippen LogP contribution in [0.4, 0.5) is 0 Å². The molecule has 5 nitrogen and oxygen atoms in total. The number of sulfonamides is 1. The molecule has 0 bridgehead atoms. The van der Waals surface area contributed by atoms with Crippen LogP contribution >= 0.6 is 11.8 Å². The SMILES string of the molecule is CSC1(CNS(=O)(=O)c2ccc(C=O)o2)CCCCC1. The number of carbonyl (C=O) groups is 1. The highest BCUT2D eigenvalue weighted by Crippen LogP contribution is 2.38. The number of nitrogens with one attached hydrogen (secondary N) is 1. The quantitative estimate of drug-likeness (QED) is 0.816. The Morgan fingerprint density at radius 3 is 2.60 bits per heavy atom. The largest absolute Gasteiger partial charge is 0.440 e. The molecule has 1 fully saturated rings. The summed E-state index contributed by atoms with van der Waals surface area (Å²) >= 11 is 1.73. The summed E-state index contributed by atoms with van der Waals surface area (Å²) in [6.07, 6.45) is 8.05. The first-order valence-electron chi connectivity index (χ1n) is 6.61. The maximum absolute atomic E-state index is 12.1. The highest BCUT2D eigenvalue weighted by molar-refractivity contribution is 8.00. The predicted molar refractivity (Wildman–Crippen MR) is 78.6 cm³/mol. The summed E-state index contributed by atoms with van der Waals surface area (Å²) in [4.78, 5) is 10.5. The third-order valence-electron chi connectivity index (χ3n) is 3.77. The summed E-state index contributed by atoms with van der Waals surface area (Å²) in [5, 5.41) is -0.202. The van der Waals surface area contributed by atoms with E-state index in [0.29, 0.717) is 12.8 Å². The Labute approximate surface area is 123 Å². The molecule has 1 N–H and O–H groups in total. The van der Waals surface area contributed by atoms with Crippen LogP contribution in [0.3, 0.4) is 0 Å². The lowest BCUT2D eigenvalue weighted by Gasteiger charge is -2.35. The normalized spacial score (nSPS) is 18.9. The van der Waals surface area contributed by atoms with Gasteiger partial charge in [-0.3, -0.25) is 4.79 Å². The second kappa shape index (κ2) is 6.32. The van der Waals surface area contributed by atoms with Gasteiger partial charge in [0.05, 0.1) is 0 Å². The van der Waals surface area contributed by atoms with E-state index in [1.54, 1.807) is 11.8 Å². The Hall–Kier alpha value is -0.790. The molecule has 0 spiro atoms. The van der Waals surface area contributed by atoms with Crippen LogP contribution in [0.25, 0.3) is 0 Å². The fourth-order valence-corrected chi connectivity index (χ4v) is 4.56. The molecule has 1 aromatic heterocycles. The molecule has 112 valence electrons. The van der Waals surface area contributed by atoms with Crippen LogP contribution in [0.1, 0.15) is 42.7 Å². The third kappa shape index (κ3) is 3.45. The summed E-state index contributed by atoms with van der Waals surface area (Å²) in [5.74, 6) is 0.0163. The van der Waals surface area contributed by atoms with E-state index in [-0.39, 0.29) is 15.6 Å². The molecule has 2 rings (SSSR count). The number of aldehydes is 1. The van der Waals surface area contributed by atoms with Gasteiger partial charge in [0.2, 0.25) is 5.09 Å². The van der Waals surface area contributed by atoms with Crippen LogP contribution in [0.5, 0.6) is 0 Å². The van der Waals surface area contributed by atoms with E-state index >= 15 is 0 Å². The molecule has 0 atom stereocenters. The molecule has 7 heteroatoms. The third-order valence-corrected chi connectivity index (χ3v) is 6.46. The van der Waals surface area contributed by atoms with E-state index in [9.17, 15) is 13.2 Å². The lowest BCUT2D eigenvalue weighted by Crippen LogP contribution is -2.41. The monoisotopic (exact) mass is 317 g/mol. The molecular formula is C13H19NO4S2. The van der Waals surface area contributed by atoms with Gasteiger partial charge in [0.15, 0.2) is 12.0 Å². The van der Waals surface area contributed by atoms with Crippen molar-refractivity contribution in [3.8, 4) is 0 Å². The Morgan fingerprint density at radius 2 is 2.05 bits per heavy atom. The van der Waals surface area contributed by atoms with E-state index in [1.807, 2.05) is 6.26 Å². The molecular weight excluding hydrogens is 298 g/mol. The number of rotatable bonds is 6. The van der Waals surface area contributed by atoms with Gasteiger partial charge in [0, 0.05) is 11.3 Å². The van der Waals surface area contributed by atoms with Crippen molar-refractivity contribution in [1.29, 1.82) is 0 Å². The summed E-state index contributed by atoms with van der Waals surface area (Å²) in [5.41, 5.74) is 0. The maximum Gasteiger partial charge on any atom is 0.274 e. The fraction of sp³-hybridized carbons (Fsp3) is 0.615. The molecule has 0 radical (unpaired) electrons. The first kappa shape index (κ1) is 15.6. The standard InChI is InChI=1S/C13H19NO4S2/c1-19-13(7-3-2-4-8-13)10-14-20(16,17)12-6-5-11(9-15)18-12/h5-6,9,14H,2-4,7-8,10H2,1H3. The van der Waals surface area contributed by atoms with Crippen molar-refractivity contribution < 1.29 is 17.6 Å². The van der Waals surface area contributed by atoms with Crippen molar-refractivity contribution in [1.82, 2.24) is 4.72 Å². The molecule has 0 amide bonds. The Kier molecular flexibility index (Phi) is 4.93. The minimum Gasteiger partial charge on any atom is -0.440 e. The van der Waals surface area contributed by atoms with Gasteiger partial charge >= 0.3 is 0 Å². The maximum atomic E-state index is 12.1. The number of furan rings is 1. The van der Waals surface area contributed by atoms with E-state index in [1.165, 1.54) is 18.6 Å². The average Bonchev–Trinajstić information content (AvgIpc) is 2.96. The zero-order valence-corrected chi connectivity index (χ0v) is 13.1. The Bertz CT molecular complexity index is 559. The van der Waals surface area contributed by atoms with Crippen LogP contribution < -0.4 is 4.72 Å². The van der Waals surface area contributed by atoms with E-state index in [0.717, 1.165) is 25.7 Å². The zero-order chi connectivity index (χ0) is 14.6. The molecule has 1 aliphatic carbocycles. The van der Waals surface area contributed by atoms with Gasteiger partial charge < -0.3 is 4.42 Å². The topological polar surface area (TPSA) is 76.4 Å². The number of carbonyl (C=O) groups excluding carboxylic acids is 1. The number of hydrogen-bond acceptors (Lipinski definition) is 5. The van der Waals surface area contributed by atoms with Crippen molar-refractivity contribution >= 4 is 28.1 Å². The van der Waals surface area contributed by atoms with E-state index in [4.69, 9.17) is 4.42 Å². The van der Waals surface area contributed by atoms with Crippen LogP contribution in [-0.4, -0.2) is 32.3 Å². The van der Waals surface area contributed by atoms with Gasteiger partial charge in [-0.05, 0) is 31.2 Å². The molecule has 20 heavy (non-hydrogen) atoms.